The highest BCUT2D eigenvalue weighted by molar-refractivity contribution is 8.01. The van der Waals surface area contributed by atoms with E-state index in [0.29, 0.717) is 10.6 Å². The Morgan fingerprint density at radius 2 is 1.84 bits per heavy atom. The van der Waals surface area contributed by atoms with Crippen molar-refractivity contribution in [1.82, 2.24) is 10.2 Å². The molecule has 2 heterocycles. The number of thioether (sulfide) groups is 1. The third kappa shape index (κ3) is 4.08. The Morgan fingerprint density at radius 3 is 2.44 bits per heavy atom. The molecule has 4 rings (SSSR count). The third-order valence-electron chi connectivity index (χ3n) is 6.31. The zero-order valence-electron chi connectivity index (χ0n) is 18.1. The molecule has 3 fully saturated rings. The fourth-order valence-electron chi connectivity index (χ4n) is 4.56. The first-order chi connectivity index (χ1) is 15.0. The highest BCUT2D eigenvalue weighted by Crippen LogP contribution is 2.50. The summed E-state index contributed by atoms with van der Waals surface area (Å²) in [7, 11) is 0. The zero-order chi connectivity index (χ0) is 23.3. The predicted molar refractivity (Wildman–Crippen MR) is 122 cm³/mol. The van der Waals surface area contributed by atoms with Gasteiger partial charge in [0.15, 0.2) is 5.71 Å². The van der Waals surface area contributed by atoms with Crippen molar-refractivity contribution in [3.05, 3.63) is 34.9 Å². The van der Waals surface area contributed by atoms with Crippen LogP contribution in [0.4, 0.5) is 0 Å². The molecule has 3 atom stereocenters. The lowest BCUT2D eigenvalue weighted by Crippen LogP contribution is -2.71. The van der Waals surface area contributed by atoms with E-state index in [4.69, 9.17) is 16.4 Å². The Morgan fingerprint density at radius 1 is 1.22 bits per heavy atom. The Bertz CT molecular complexity index is 974. The molecule has 2 aliphatic heterocycles. The molecule has 2 N–H and O–H groups in total. The van der Waals surface area contributed by atoms with Crippen molar-refractivity contribution in [2.75, 3.05) is 0 Å². The molecule has 1 aromatic carbocycles. The quantitative estimate of drug-likeness (QED) is 0.369. The van der Waals surface area contributed by atoms with E-state index in [1.54, 1.807) is 38.1 Å². The van der Waals surface area contributed by atoms with Crippen molar-refractivity contribution >= 4 is 46.9 Å². The molecule has 2 saturated heterocycles. The number of β-lactam (4-membered cyclic amide) rings is 1. The SMILES string of the molecule is CC1(O/N=C(\C(=O)N[C@@H]2C(=O)N3[C@@H]2SC(C)(C)[C@@H]3C(=O)O)c2ccc(Cl)cc2)CCCC1. The minimum Gasteiger partial charge on any atom is -0.480 e. The van der Waals surface area contributed by atoms with Crippen molar-refractivity contribution < 1.29 is 24.3 Å². The van der Waals surface area contributed by atoms with Crippen LogP contribution >= 0.6 is 23.4 Å². The number of carbonyl (C=O) groups is 3. The van der Waals surface area contributed by atoms with Crippen LogP contribution in [0.2, 0.25) is 5.02 Å². The minimum absolute atomic E-state index is 0.0538. The van der Waals surface area contributed by atoms with Gasteiger partial charge in [-0.1, -0.05) is 28.9 Å². The fraction of sp³-hybridized carbons (Fsp3) is 0.545. The zero-order valence-corrected chi connectivity index (χ0v) is 19.7. The van der Waals surface area contributed by atoms with Gasteiger partial charge in [0, 0.05) is 15.3 Å². The molecular weight excluding hydrogens is 454 g/mol. The lowest BCUT2D eigenvalue weighted by molar-refractivity contribution is -0.160. The Kier molecular flexibility index (Phi) is 5.92. The summed E-state index contributed by atoms with van der Waals surface area (Å²) in [4.78, 5) is 44.8. The molecule has 0 unspecified atom stereocenters. The number of hydrogen-bond acceptors (Lipinski definition) is 6. The van der Waals surface area contributed by atoms with Crippen molar-refractivity contribution in [2.24, 2.45) is 5.16 Å². The number of benzene rings is 1. The number of nitrogens with one attached hydrogen (secondary N) is 1. The maximum atomic E-state index is 13.2. The van der Waals surface area contributed by atoms with Gasteiger partial charge < -0.3 is 20.2 Å². The van der Waals surface area contributed by atoms with Gasteiger partial charge in [0.1, 0.15) is 23.1 Å². The topological polar surface area (TPSA) is 108 Å². The molecule has 0 bridgehead atoms. The second-order valence-electron chi connectivity index (χ2n) is 9.24. The smallest absolute Gasteiger partial charge is 0.327 e. The molecule has 0 radical (unpaired) electrons. The van der Waals surface area contributed by atoms with E-state index < -0.39 is 45.6 Å². The van der Waals surface area contributed by atoms with Crippen LogP contribution in [0, 0.1) is 0 Å². The van der Waals surface area contributed by atoms with Crippen LogP contribution in [0.5, 0.6) is 0 Å². The number of amides is 2. The molecule has 10 heteroatoms. The molecule has 172 valence electrons. The standard InChI is InChI=1S/C22H26ClN3O5S/c1-21(2)16(20(29)30)26-18(28)15(19(26)32-21)24-17(27)14(12-6-8-13(23)9-7-12)25-31-22(3)10-4-5-11-22/h6-9,15-16,19H,4-5,10-11H2,1-3H3,(H,24,27)(H,29,30)/b25-14-/t15-,16+,19-/m1/s1. The second-order valence-corrected chi connectivity index (χ2v) is 11.5. The number of hydrogen-bond donors (Lipinski definition) is 2. The van der Waals surface area contributed by atoms with E-state index in [9.17, 15) is 19.5 Å². The number of aliphatic carboxylic acids is 1. The van der Waals surface area contributed by atoms with Crippen LogP contribution in [-0.4, -0.2) is 61.3 Å². The van der Waals surface area contributed by atoms with Gasteiger partial charge in [-0.05, 0) is 58.6 Å². The summed E-state index contributed by atoms with van der Waals surface area (Å²) < 4.78 is -0.668. The van der Waals surface area contributed by atoms with Gasteiger partial charge in [0.2, 0.25) is 5.91 Å². The van der Waals surface area contributed by atoms with E-state index in [2.05, 4.69) is 10.5 Å². The minimum atomic E-state index is -1.05. The average Bonchev–Trinajstić information content (AvgIpc) is 3.26. The number of carbonyl (C=O) groups excluding carboxylic acids is 2. The molecule has 0 spiro atoms. The van der Waals surface area contributed by atoms with Gasteiger partial charge in [-0.15, -0.1) is 11.8 Å². The predicted octanol–water partition coefficient (Wildman–Crippen LogP) is 3.03. The molecule has 8 nitrogen and oxygen atoms in total. The third-order valence-corrected chi connectivity index (χ3v) is 8.14. The van der Waals surface area contributed by atoms with Gasteiger partial charge in [0.25, 0.3) is 5.91 Å². The highest BCUT2D eigenvalue weighted by Gasteiger charge is 2.64. The second kappa shape index (κ2) is 8.26. The maximum absolute atomic E-state index is 13.2. The number of halogens is 1. The summed E-state index contributed by atoms with van der Waals surface area (Å²) in [5, 5.41) is 16.6. The number of oxime groups is 1. The molecule has 32 heavy (non-hydrogen) atoms. The van der Waals surface area contributed by atoms with Gasteiger partial charge in [-0.2, -0.15) is 0 Å². The number of nitrogens with zero attached hydrogens (tertiary/aromatic N) is 2. The average molecular weight is 480 g/mol. The van der Waals surface area contributed by atoms with Crippen molar-refractivity contribution in [1.29, 1.82) is 0 Å². The van der Waals surface area contributed by atoms with Crippen LogP contribution in [-0.2, 0) is 19.2 Å². The molecule has 1 aromatic rings. The first-order valence-electron chi connectivity index (χ1n) is 10.6. The first kappa shape index (κ1) is 22.9. The molecule has 1 aliphatic carbocycles. The van der Waals surface area contributed by atoms with E-state index in [1.165, 1.54) is 16.7 Å². The summed E-state index contributed by atoms with van der Waals surface area (Å²) >= 11 is 7.36. The number of fused-ring (bicyclic) bond motifs is 1. The first-order valence-corrected chi connectivity index (χ1v) is 11.8. The Hall–Kier alpha value is -2.26. The van der Waals surface area contributed by atoms with Crippen LogP contribution in [0.15, 0.2) is 29.4 Å². The van der Waals surface area contributed by atoms with E-state index >= 15 is 0 Å². The lowest BCUT2D eigenvalue weighted by Gasteiger charge is -2.43. The van der Waals surface area contributed by atoms with Gasteiger partial charge >= 0.3 is 5.97 Å². The molecular formula is C22H26ClN3O5S. The van der Waals surface area contributed by atoms with Crippen molar-refractivity contribution in [3.8, 4) is 0 Å². The highest BCUT2D eigenvalue weighted by atomic mass is 35.5. The van der Waals surface area contributed by atoms with Crippen LogP contribution < -0.4 is 5.32 Å². The van der Waals surface area contributed by atoms with E-state index in [1.807, 2.05) is 6.92 Å². The Balaban J connectivity index is 1.55. The van der Waals surface area contributed by atoms with Crippen LogP contribution in [0.3, 0.4) is 0 Å². The summed E-state index contributed by atoms with van der Waals surface area (Å²) in [6, 6.07) is 4.89. The lowest BCUT2D eigenvalue weighted by atomic mass is 9.96. The van der Waals surface area contributed by atoms with Gasteiger partial charge in [0.05, 0.1) is 0 Å². The van der Waals surface area contributed by atoms with Gasteiger partial charge in [-0.25, -0.2) is 4.79 Å². The number of rotatable bonds is 6. The van der Waals surface area contributed by atoms with Crippen LogP contribution in [0.25, 0.3) is 0 Å². The summed E-state index contributed by atoms with van der Waals surface area (Å²) in [5.41, 5.74) is 0.138. The van der Waals surface area contributed by atoms with E-state index in [-0.39, 0.29) is 5.71 Å². The van der Waals surface area contributed by atoms with Crippen molar-refractivity contribution in [3.63, 3.8) is 0 Å². The molecule has 2 amide bonds. The van der Waals surface area contributed by atoms with E-state index in [0.717, 1.165) is 25.7 Å². The normalized spacial score (nSPS) is 28.1. The number of carboxylic acids is 1. The largest absolute Gasteiger partial charge is 0.480 e. The summed E-state index contributed by atoms with van der Waals surface area (Å²) in [6.45, 7) is 5.55. The van der Waals surface area contributed by atoms with Crippen molar-refractivity contribution in [2.45, 2.75) is 74.3 Å². The fourth-order valence-corrected chi connectivity index (χ4v) is 6.31. The monoisotopic (exact) mass is 479 g/mol. The summed E-state index contributed by atoms with van der Waals surface area (Å²) in [5.74, 6) is -2.01. The van der Waals surface area contributed by atoms with Gasteiger partial charge in [-0.3, -0.25) is 9.59 Å². The summed E-state index contributed by atoms with van der Waals surface area (Å²) in [6.07, 6.45) is 3.79. The van der Waals surface area contributed by atoms with Crippen LogP contribution in [0.1, 0.15) is 52.0 Å². The number of carboxylic acid groups (broad SMARTS) is 1. The Labute approximate surface area is 195 Å². The molecule has 0 aromatic heterocycles. The maximum Gasteiger partial charge on any atom is 0.327 e. The molecule has 1 saturated carbocycles. The molecule has 3 aliphatic rings.